The Morgan fingerprint density at radius 1 is 1.38 bits per heavy atom. The van der Waals surface area contributed by atoms with Gasteiger partial charge < -0.3 is 14.9 Å². The molecule has 7 heteroatoms. The molecule has 0 spiro atoms. The van der Waals surface area contributed by atoms with Crippen molar-refractivity contribution >= 4 is 11.8 Å². The smallest absolute Gasteiger partial charge is 0.379 e. The fourth-order valence-corrected chi connectivity index (χ4v) is 2.27. The number of aliphatic hydroxyl groups is 1. The zero-order chi connectivity index (χ0) is 17.7. The zero-order valence-electron chi connectivity index (χ0n) is 13.5. The summed E-state index contributed by atoms with van der Waals surface area (Å²) in [6.07, 6.45) is 2.55. The first-order valence-electron chi connectivity index (χ1n) is 7.52. The third-order valence-corrected chi connectivity index (χ3v) is 3.32. The molecule has 0 fully saturated rings. The van der Waals surface area contributed by atoms with Crippen LogP contribution in [0.3, 0.4) is 0 Å². The summed E-state index contributed by atoms with van der Waals surface area (Å²) in [6, 6.07) is 5.87. The molecular weight excluding hydrogens is 315 g/mol. The van der Waals surface area contributed by atoms with Gasteiger partial charge in [0.05, 0.1) is 18.8 Å². The first kappa shape index (κ1) is 17.7. The van der Waals surface area contributed by atoms with Gasteiger partial charge in [-0.25, -0.2) is 14.6 Å². The third-order valence-electron chi connectivity index (χ3n) is 3.32. The summed E-state index contributed by atoms with van der Waals surface area (Å²) in [6.45, 7) is 3.88. The van der Waals surface area contributed by atoms with E-state index in [-0.39, 0.29) is 24.2 Å². The summed E-state index contributed by atoms with van der Waals surface area (Å²) in [5.74, 6) is -2.63. The van der Waals surface area contributed by atoms with Crippen molar-refractivity contribution in [2.45, 2.75) is 26.4 Å². The van der Waals surface area contributed by atoms with Crippen LogP contribution in [0, 0.1) is 5.82 Å². The van der Waals surface area contributed by atoms with Crippen LogP contribution in [-0.4, -0.2) is 34.5 Å². The number of rotatable bonds is 6. The van der Waals surface area contributed by atoms with Crippen LogP contribution in [-0.2, 0) is 20.9 Å². The number of halogens is 1. The second-order valence-corrected chi connectivity index (χ2v) is 5.30. The molecule has 0 aromatic heterocycles. The van der Waals surface area contributed by atoms with Gasteiger partial charge >= 0.3 is 5.97 Å². The summed E-state index contributed by atoms with van der Waals surface area (Å²) in [5, 5.41) is 11.8. The number of aliphatic hydroxyl groups excluding tert-OH is 1. The summed E-state index contributed by atoms with van der Waals surface area (Å²) in [4.78, 5) is 23.0. The van der Waals surface area contributed by atoms with Crippen molar-refractivity contribution in [1.29, 1.82) is 0 Å². The summed E-state index contributed by atoms with van der Waals surface area (Å²) in [7, 11) is 0. The number of ketones is 1. The fraction of sp³-hybridized carbons (Fsp3) is 0.294. The van der Waals surface area contributed by atoms with E-state index in [4.69, 9.17) is 0 Å². The predicted octanol–water partition coefficient (Wildman–Crippen LogP) is 1.99. The van der Waals surface area contributed by atoms with Crippen LogP contribution in [0.25, 0.3) is 0 Å². The highest BCUT2D eigenvalue weighted by atomic mass is 19.1. The Morgan fingerprint density at radius 2 is 2.04 bits per heavy atom. The van der Waals surface area contributed by atoms with Gasteiger partial charge in [0.15, 0.2) is 0 Å². The SMILES string of the molecule is CCOC(=O)C(=O)C=C(O)C1=CC(C)NN1Cc1ccc(F)cc1. The molecule has 0 saturated carbocycles. The molecule has 1 aromatic carbocycles. The first-order chi connectivity index (χ1) is 11.4. The molecule has 2 N–H and O–H groups in total. The number of carbonyl (C=O) groups excluding carboxylic acids is 2. The molecule has 0 radical (unpaired) electrons. The summed E-state index contributed by atoms with van der Waals surface area (Å²) in [5.41, 5.74) is 4.27. The van der Waals surface area contributed by atoms with Crippen LogP contribution < -0.4 is 5.43 Å². The van der Waals surface area contributed by atoms with Crippen molar-refractivity contribution in [1.82, 2.24) is 10.4 Å². The average Bonchev–Trinajstić information content (AvgIpc) is 2.90. The molecule has 1 aliphatic heterocycles. The van der Waals surface area contributed by atoms with E-state index in [1.54, 1.807) is 30.1 Å². The fourth-order valence-electron chi connectivity index (χ4n) is 2.27. The van der Waals surface area contributed by atoms with Crippen molar-refractivity contribution in [3.8, 4) is 0 Å². The molecular formula is C17H19FN2O4. The van der Waals surface area contributed by atoms with E-state index in [0.717, 1.165) is 11.6 Å². The molecule has 0 bridgehead atoms. The number of carbonyl (C=O) groups is 2. The van der Waals surface area contributed by atoms with Crippen LogP contribution in [0.1, 0.15) is 19.4 Å². The minimum Gasteiger partial charge on any atom is -0.506 e. The lowest BCUT2D eigenvalue weighted by Gasteiger charge is -2.23. The lowest BCUT2D eigenvalue weighted by atomic mass is 10.2. The number of esters is 1. The Labute approximate surface area is 139 Å². The van der Waals surface area contributed by atoms with Gasteiger partial charge in [0.2, 0.25) is 0 Å². The number of nitrogens with one attached hydrogen (secondary N) is 1. The van der Waals surface area contributed by atoms with Gasteiger partial charge in [0, 0.05) is 12.1 Å². The van der Waals surface area contributed by atoms with Crippen LogP contribution in [0.5, 0.6) is 0 Å². The minimum absolute atomic E-state index is 0.0753. The largest absolute Gasteiger partial charge is 0.506 e. The van der Waals surface area contributed by atoms with Gasteiger partial charge in [0.25, 0.3) is 5.78 Å². The molecule has 6 nitrogen and oxygen atoms in total. The maximum Gasteiger partial charge on any atom is 0.379 e. The maximum atomic E-state index is 13.0. The third kappa shape index (κ3) is 4.42. The topological polar surface area (TPSA) is 78.9 Å². The molecule has 1 aromatic rings. The van der Waals surface area contributed by atoms with Gasteiger partial charge in [-0.1, -0.05) is 12.1 Å². The number of hydrogen-bond acceptors (Lipinski definition) is 6. The van der Waals surface area contributed by atoms with Crippen molar-refractivity contribution in [3.63, 3.8) is 0 Å². The van der Waals surface area contributed by atoms with E-state index in [9.17, 15) is 19.1 Å². The van der Waals surface area contributed by atoms with E-state index < -0.39 is 11.8 Å². The van der Waals surface area contributed by atoms with Gasteiger partial charge in [-0.05, 0) is 37.6 Å². The molecule has 24 heavy (non-hydrogen) atoms. The van der Waals surface area contributed by atoms with Crippen LogP contribution in [0.4, 0.5) is 4.39 Å². The quantitative estimate of drug-likeness (QED) is 0.358. The van der Waals surface area contributed by atoms with E-state index in [1.165, 1.54) is 12.1 Å². The number of ether oxygens (including phenoxy) is 1. The van der Waals surface area contributed by atoms with Crippen LogP contribution in [0.15, 0.2) is 47.9 Å². The van der Waals surface area contributed by atoms with Crippen molar-refractivity contribution in [2.75, 3.05) is 6.61 Å². The lowest BCUT2D eigenvalue weighted by Crippen LogP contribution is -2.35. The van der Waals surface area contributed by atoms with E-state index in [1.807, 2.05) is 6.92 Å². The van der Waals surface area contributed by atoms with Gasteiger partial charge in [-0.3, -0.25) is 4.79 Å². The minimum atomic E-state index is -1.02. The highest BCUT2D eigenvalue weighted by Gasteiger charge is 2.24. The highest BCUT2D eigenvalue weighted by molar-refractivity contribution is 6.38. The van der Waals surface area contributed by atoms with Crippen molar-refractivity contribution in [3.05, 3.63) is 59.3 Å². The number of benzene rings is 1. The Morgan fingerprint density at radius 3 is 2.67 bits per heavy atom. The predicted molar refractivity (Wildman–Crippen MR) is 85.0 cm³/mol. The van der Waals surface area contributed by atoms with Gasteiger partial charge in [0.1, 0.15) is 11.6 Å². The normalized spacial score (nSPS) is 17.6. The van der Waals surface area contributed by atoms with Crippen molar-refractivity contribution in [2.24, 2.45) is 0 Å². The van der Waals surface area contributed by atoms with Crippen molar-refractivity contribution < 1.29 is 23.8 Å². The standard InChI is InChI=1S/C17H19FN2O4/c1-3-24-17(23)16(22)9-15(21)14-8-11(2)19-20(14)10-12-4-6-13(18)7-5-12/h4-9,11,19,21H,3,10H2,1-2H3. The van der Waals surface area contributed by atoms with Gasteiger partial charge in [-0.2, -0.15) is 0 Å². The Balaban J connectivity index is 2.13. The zero-order valence-corrected chi connectivity index (χ0v) is 13.5. The Kier molecular flexibility index (Phi) is 5.70. The number of nitrogens with zero attached hydrogens (tertiary/aromatic N) is 1. The lowest BCUT2D eigenvalue weighted by molar-refractivity contribution is -0.151. The summed E-state index contributed by atoms with van der Waals surface area (Å²) < 4.78 is 17.6. The average molecular weight is 334 g/mol. The highest BCUT2D eigenvalue weighted by Crippen LogP contribution is 2.21. The maximum absolute atomic E-state index is 13.0. The molecule has 0 aliphatic carbocycles. The first-order valence-corrected chi connectivity index (χ1v) is 7.52. The Hall–Kier alpha value is -2.67. The molecule has 1 unspecified atom stereocenters. The number of hydrazine groups is 1. The molecule has 0 saturated heterocycles. The molecule has 0 amide bonds. The second-order valence-electron chi connectivity index (χ2n) is 5.30. The Bertz CT molecular complexity index is 682. The monoisotopic (exact) mass is 334 g/mol. The summed E-state index contributed by atoms with van der Waals surface area (Å²) >= 11 is 0. The molecule has 1 heterocycles. The van der Waals surface area contributed by atoms with Gasteiger partial charge in [-0.15, -0.1) is 0 Å². The second kappa shape index (κ2) is 7.74. The molecule has 128 valence electrons. The van der Waals surface area contributed by atoms with E-state index in [0.29, 0.717) is 12.2 Å². The van der Waals surface area contributed by atoms with Crippen LogP contribution >= 0.6 is 0 Å². The van der Waals surface area contributed by atoms with E-state index >= 15 is 0 Å². The van der Waals surface area contributed by atoms with Crippen LogP contribution in [0.2, 0.25) is 0 Å². The van der Waals surface area contributed by atoms with E-state index in [2.05, 4.69) is 10.2 Å². The molecule has 1 atom stereocenters. The number of hydrogen-bond donors (Lipinski definition) is 2. The molecule has 1 aliphatic rings. The molecule has 2 rings (SSSR count).